The van der Waals surface area contributed by atoms with Gasteiger partial charge in [0.15, 0.2) is 0 Å². The highest BCUT2D eigenvalue weighted by Gasteiger charge is 2.28. The normalized spacial score (nSPS) is 12.5. The number of benzene rings is 2. The summed E-state index contributed by atoms with van der Waals surface area (Å²) < 4.78 is 5.10. The van der Waals surface area contributed by atoms with E-state index in [-0.39, 0.29) is 19.4 Å². The predicted molar refractivity (Wildman–Crippen MR) is 122 cm³/mol. The van der Waals surface area contributed by atoms with Gasteiger partial charge in [0.05, 0.1) is 0 Å². The number of ether oxygens (including phenoxy) is 1. The smallest absolute Gasteiger partial charge is 0.408 e. The molecule has 5 N–H and O–H groups in total. The third-order valence-electron chi connectivity index (χ3n) is 5.18. The Kier molecular flexibility index (Phi) is 8.22. The lowest BCUT2D eigenvalue weighted by molar-refractivity contribution is -0.142. The molecule has 3 aromatic rings. The molecule has 34 heavy (non-hydrogen) atoms. The van der Waals surface area contributed by atoms with Gasteiger partial charge >= 0.3 is 18.0 Å². The number of aromatic nitrogens is 1. The summed E-state index contributed by atoms with van der Waals surface area (Å²) in [5.74, 6) is -3.24. The number of H-pyrrole nitrogens is 1. The van der Waals surface area contributed by atoms with Crippen LogP contribution in [0.25, 0.3) is 10.9 Å². The topological polar surface area (TPSA) is 158 Å². The SMILES string of the molecule is O=C(O)CC[C@H](NC(=O)OCc1ccccc1)C(=O)N[C@@H](Cc1c[nH]c2ccccc12)C(=O)O. The number of carbonyl (C=O) groups is 4. The Balaban J connectivity index is 1.66. The molecule has 0 aliphatic carbocycles. The lowest BCUT2D eigenvalue weighted by Gasteiger charge is -2.21. The van der Waals surface area contributed by atoms with Crippen molar-refractivity contribution in [3.05, 3.63) is 71.9 Å². The van der Waals surface area contributed by atoms with Crippen molar-refractivity contribution in [3.8, 4) is 0 Å². The highest BCUT2D eigenvalue weighted by Crippen LogP contribution is 2.19. The molecule has 2 atom stereocenters. The molecule has 0 bridgehead atoms. The van der Waals surface area contributed by atoms with Crippen molar-refractivity contribution in [2.75, 3.05) is 0 Å². The maximum Gasteiger partial charge on any atom is 0.408 e. The summed E-state index contributed by atoms with van der Waals surface area (Å²) in [6, 6.07) is 13.6. The zero-order valence-corrected chi connectivity index (χ0v) is 18.2. The van der Waals surface area contributed by atoms with Gasteiger partial charge < -0.3 is 30.6 Å². The molecule has 0 saturated heterocycles. The molecule has 2 aromatic carbocycles. The predicted octanol–water partition coefficient (Wildman–Crippen LogP) is 2.44. The minimum Gasteiger partial charge on any atom is -0.481 e. The number of carboxylic acids is 2. The zero-order chi connectivity index (χ0) is 24.5. The number of nitrogens with one attached hydrogen (secondary N) is 3. The van der Waals surface area contributed by atoms with Crippen LogP contribution in [-0.4, -0.2) is 51.2 Å². The second-order valence-corrected chi connectivity index (χ2v) is 7.65. The number of hydrogen-bond acceptors (Lipinski definition) is 5. The van der Waals surface area contributed by atoms with E-state index in [4.69, 9.17) is 9.84 Å². The van der Waals surface area contributed by atoms with Gasteiger partial charge in [-0.15, -0.1) is 0 Å². The summed E-state index contributed by atoms with van der Waals surface area (Å²) in [7, 11) is 0. The molecule has 2 amide bonds. The first-order chi connectivity index (χ1) is 16.3. The second kappa shape index (κ2) is 11.5. The summed E-state index contributed by atoms with van der Waals surface area (Å²) in [5.41, 5.74) is 2.25. The third kappa shape index (κ3) is 6.83. The van der Waals surface area contributed by atoms with Crippen LogP contribution in [0.15, 0.2) is 60.8 Å². The van der Waals surface area contributed by atoms with Gasteiger partial charge in [0.25, 0.3) is 0 Å². The maximum atomic E-state index is 12.8. The minimum atomic E-state index is -1.29. The molecular formula is C24H25N3O7. The average Bonchev–Trinajstić information content (AvgIpc) is 3.23. The van der Waals surface area contributed by atoms with E-state index < -0.39 is 42.4 Å². The van der Waals surface area contributed by atoms with Crippen molar-refractivity contribution in [3.63, 3.8) is 0 Å². The van der Waals surface area contributed by atoms with Crippen LogP contribution in [0.3, 0.4) is 0 Å². The Bertz CT molecular complexity index is 1160. The summed E-state index contributed by atoms with van der Waals surface area (Å²) in [6.07, 6.45) is 0.110. The highest BCUT2D eigenvalue weighted by atomic mass is 16.5. The number of carboxylic acid groups (broad SMARTS) is 2. The lowest BCUT2D eigenvalue weighted by Crippen LogP contribution is -2.52. The van der Waals surface area contributed by atoms with E-state index in [1.807, 2.05) is 30.3 Å². The fourth-order valence-corrected chi connectivity index (χ4v) is 3.44. The monoisotopic (exact) mass is 467 g/mol. The Morgan fingerprint density at radius 1 is 0.912 bits per heavy atom. The quantitative estimate of drug-likeness (QED) is 0.290. The van der Waals surface area contributed by atoms with Gasteiger partial charge in [-0.3, -0.25) is 9.59 Å². The van der Waals surface area contributed by atoms with E-state index >= 15 is 0 Å². The molecule has 178 valence electrons. The fourth-order valence-electron chi connectivity index (χ4n) is 3.44. The van der Waals surface area contributed by atoms with Gasteiger partial charge in [0, 0.05) is 29.9 Å². The summed E-state index contributed by atoms with van der Waals surface area (Å²) in [5, 5.41) is 24.2. The number of hydrogen-bond donors (Lipinski definition) is 5. The molecular weight excluding hydrogens is 442 g/mol. The first-order valence-corrected chi connectivity index (χ1v) is 10.6. The highest BCUT2D eigenvalue weighted by molar-refractivity contribution is 5.90. The van der Waals surface area contributed by atoms with Crippen molar-refractivity contribution in [2.24, 2.45) is 0 Å². The van der Waals surface area contributed by atoms with Crippen LogP contribution in [0.1, 0.15) is 24.0 Å². The van der Waals surface area contributed by atoms with Crippen molar-refractivity contribution >= 4 is 34.8 Å². The molecule has 0 fully saturated rings. The molecule has 10 heteroatoms. The van der Waals surface area contributed by atoms with Gasteiger partial charge in [-0.25, -0.2) is 9.59 Å². The Morgan fingerprint density at radius 3 is 2.32 bits per heavy atom. The summed E-state index contributed by atoms with van der Waals surface area (Å²) in [4.78, 5) is 50.9. The number of rotatable bonds is 11. The lowest BCUT2D eigenvalue weighted by atomic mass is 10.0. The molecule has 1 aromatic heterocycles. The second-order valence-electron chi connectivity index (χ2n) is 7.65. The van der Waals surface area contributed by atoms with Crippen LogP contribution in [-0.2, 0) is 32.1 Å². The van der Waals surface area contributed by atoms with Crippen molar-refractivity contribution in [1.29, 1.82) is 0 Å². The van der Waals surface area contributed by atoms with Crippen molar-refractivity contribution < 1.29 is 34.1 Å². The van der Waals surface area contributed by atoms with E-state index in [2.05, 4.69) is 15.6 Å². The van der Waals surface area contributed by atoms with Crippen LogP contribution in [0.2, 0.25) is 0 Å². The van der Waals surface area contributed by atoms with Gasteiger partial charge in [0.2, 0.25) is 5.91 Å². The molecule has 10 nitrogen and oxygen atoms in total. The molecule has 0 saturated carbocycles. The number of alkyl carbamates (subject to hydrolysis) is 1. The van der Waals surface area contributed by atoms with Crippen LogP contribution in [0.4, 0.5) is 4.79 Å². The minimum absolute atomic E-state index is 0.00477. The van der Waals surface area contributed by atoms with Crippen molar-refractivity contribution in [1.82, 2.24) is 15.6 Å². The Hall–Kier alpha value is -4.34. The largest absolute Gasteiger partial charge is 0.481 e. The molecule has 0 spiro atoms. The first kappa shape index (κ1) is 24.3. The zero-order valence-electron chi connectivity index (χ0n) is 18.2. The third-order valence-corrected chi connectivity index (χ3v) is 5.18. The van der Waals surface area contributed by atoms with Crippen molar-refractivity contribution in [2.45, 2.75) is 38.0 Å². The number of aliphatic carboxylic acids is 2. The van der Waals surface area contributed by atoms with Crippen LogP contribution in [0.5, 0.6) is 0 Å². The number of fused-ring (bicyclic) bond motifs is 1. The van der Waals surface area contributed by atoms with Crippen LogP contribution >= 0.6 is 0 Å². The summed E-state index contributed by atoms with van der Waals surface area (Å²) >= 11 is 0. The number of aromatic amines is 1. The van der Waals surface area contributed by atoms with Crippen LogP contribution < -0.4 is 10.6 Å². The number of para-hydroxylation sites is 1. The fraction of sp³-hybridized carbons (Fsp3) is 0.250. The summed E-state index contributed by atoms with van der Waals surface area (Å²) in [6.45, 7) is -0.0434. The van der Waals surface area contributed by atoms with Gasteiger partial charge in [-0.2, -0.15) is 0 Å². The van der Waals surface area contributed by atoms with E-state index in [1.165, 1.54) is 0 Å². The molecule has 0 radical (unpaired) electrons. The van der Waals surface area contributed by atoms with Gasteiger partial charge in [-0.05, 0) is 23.6 Å². The number of carbonyl (C=O) groups excluding carboxylic acids is 2. The van der Waals surface area contributed by atoms with Gasteiger partial charge in [-0.1, -0.05) is 48.5 Å². The molecule has 1 heterocycles. The van der Waals surface area contributed by atoms with E-state index in [0.29, 0.717) is 5.56 Å². The molecule has 3 rings (SSSR count). The van der Waals surface area contributed by atoms with Crippen LogP contribution in [0, 0.1) is 0 Å². The molecule has 0 aliphatic rings. The molecule has 0 aliphatic heterocycles. The number of amides is 2. The van der Waals surface area contributed by atoms with E-state index in [0.717, 1.165) is 16.5 Å². The molecule has 0 unspecified atom stereocenters. The average molecular weight is 467 g/mol. The first-order valence-electron chi connectivity index (χ1n) is 10.6. The maximum absolute atomic E-state index is 12.8. The van der Waals surface area contributed by atoms with E-state index in [1.54, 1.807) is 30.5 Å². The van der Waals surface area contributed by atoms with E-state index in [9.17, 15) is 24.3 Å². The Labute approximate surface area is 194 Å². The standard InChI is InChI=1S/C24H25N3O7/c28-21(29)11-10-19(27-24(33)34-14-15-6-2-1-3-7-15)22(30)26-20(23(31)32)12-16-13-25-18-9-5-4-8-17(16)18/h1-9,13,19-20,25H,10-12,14H2,(H,26,30)(H,27,33)(H,28,29)(H,31,32)/t19-,20-/m0/s1. The van der Waals surface area contributed by atoms with Gasteiger partial charge in [0.1, 0.15) is 18.7 Å². The Morgan fingerprint density at radius 2 is 1.62 bits per heavy atom.